The second-order valence-electron chi connectivity index (χ2n) is 7.21. The maximum Gasteiger partial charge on any atom is 0.168 e. The van der Waals surface area contributed by atoms with Crippen LogP contribution in [-0.2, 0) is 4.79 Å². The molecule has 1 rings (SSSR count). The fourth-order valence-corrected chi connectivity index (χ4v) is 2.82. The molecule has 1 N–H and O–H groups in total. The number of allylic oxidation sites excluding steroid dienone is 1. The molecule has 0 aliphatic heterocycles. The highest BCUT2D eigenvalue weighted by atomic mass is 16.1. The Hall–Kier alpha value is -2.23. The lowest BCUT2D eigenvalue weighted by Gasteiger charge is -2.16. The van der Waals surface area contributed by atoms with Gasteiger partial charge in [0.15, 0.2) is 6.29 Å². The summed E-state index contributed by atoms with van der Waals surface area (Å²) in [4.78, 5) is 20.3. The number of hydrogen-bond donors (Lipinski definition) is 1. The topological polar surface area (TPSA) is 53.8 Å². The first-order chi connectivity index (χ1) is 12.3. The average Bonchev–Trinajstić information content (AvgIpc) is 2.55. The van der Waals surface area contributed by atoms with E-state index < -0.39 is 0 Å². The van der Waals surface area contributed by atoms with Gasteiger partial charge in [-0.2, -0.15) is 0 Å². The van der Waals surface area contributed by atoms with Gasteiger partial charge in [0.05, 0.1) is 11.5 Å². The van der Waals surface area contributed by atoms with Crippen LogP contribution in [0.4, 0.5) is 5.69 Å². The van der Waals surface area contributed by atoms with Gasteiger partial charge < -0.3 is 5.32 Å². The molecular formula is C22H33N3O. The highest BCUT2D eigenvalue weighted by molar-refractivity contribution is 5.89. The zero-order valence-corrected chi connectivity index (χ0v) is 17.0. The predicted octanol–water partition coefficient (Wildman–Crippen LogP) is 5.48. The van der Waals surface area contributed by atoms with Gasteiger partial charge in [-0.15, -0.1) is 0 Å². The van der Waals surface area contributed by atoms with E-state index in [1.807, 2.05) is 38.3 Å². The standard InChI is InChI=1S/C22H33N3O/c1-7-8-11-23-22-10-9-20(13-17(22)4)14-21(15-26)25-19(6)24-18(5)12-16(2)3/h9-11,13-16,18H,7-8,12H2,1-6H3,(H,24,25)/b21-14-,23-11-. The zero-order valence-electron chi connectivity index (χ0n) is 17.0. The van der Waals surface area contributed by atoms with E-state index in [0.717, 1.165) is 48.2 Å². The Morgan fingerprint density at radius 1 is 1.27 bits per heavy atom. The van der Waals surface area contributed by atoms with Gasteiger partial charge in [0.1, 0.15) is 5.70 Å². The summed E-state index contributed by atoms with van der Waals surface area (Å²) < 4.78 is 0. The summed E-state index contributed by atoms with van der Waals surface area (Å²) in [5, 5.41) is 3.34. The summed E-state index contributed by atoms with van der Waals surface area (Å²) in [6, 6.07) is 6.31. The smallest absolute Gasteiger partial charge is 0.168 e. The number of carbonyl (C=O) groups is 1. The van der Waals surface area contributed by atoms with E-state index in [2.05, 4.69) is 43.0 Å². The maximum absolute atomic E-state index is 11.4. The molecule has 0 saturated heterocycles. The van der Waals surface area contributed by atoms with Crippen LogP contribution in [0.25, 0.3) is 6.08 Å². The lowest BCUT2D eigenvalue weighted by atomic mass is 10.1. The summed E-state index contributed by atoms with van der Waals surface area (Å²) in [7, 11) is 0. The third-order valence-electron chi connectivity index (χ3n) is 3.88. The number of aryl methyl sites for hydroxylation is 1. The Morgan fingerprint density at radius 3 is 2.58 bits per heavy atom. The Balaban J connectivity index is 2.89. The van der Waals surface area contributed by atoms with Crippen molar-refractivity contribution >= 4 is 30.1 Å². The second kappa shape index (κ2) is 11.4. The third-order valence-corrected chi connectivity index (χ3v) is 3.88. The van der Waals surface area contributed by atoms with E-state index in [1.54, 1.807) is 6.08 Å². The number of carbonyl (C=O) groups excluding carboxylic acids is 1. The van der Waals surface area contributed by atoms with Crippen molar-refractivity contribution in [3.05, 3.63) is 35.0 Å². The van der Waals surface area contributed by atoms with Gasteiger partial charge in [0, 0.05) is 12.3 Å². The number of unbranched alkanes of at least 4 members (excludes halogenated alkanes) is 1. The minimum Gasteiger partial charge on any atom is -0.371 e. The number of nitrogens with zero attached hydrogens (tertiary/aromatic N) is 2. The fourth-order valence-electron chi connectivity index (χ4n) is 2.82. The molecule has 0 radical (unpaired) electrons. The SMILES string of the molecule is CCC/C=N\c1ccc(/C=C(C=O)\N=C(/C)NC(C)CC(C)C)cc1C. The van der Waals surface area contributed by atoms with Crippen LogP contribution in [-0.4, -0.2) is 24.4 Å². The van der Waals surface area contributed by atoms with Gasteiger partial charge in [-0.05, 0) is 68.9 Å². The predicted molar refractivity (Wildman–Crippen MR) is 113 cm³/mol. The molecule has 0 fully saturated rings. The van der Waals surface area contributed by atoms with E-state index in [9.17, 15) is 4.79 Å². The highest BCUT2D eigenvalue weighted by Gasteiger charge is 2.05. The van der Waals surface area contributed by atoms with Crippen LogP contribution < -0.4 is 5.32 Å². The molecule has 1 aromatic rings. The van der Waals surface area contributed by atoms with E-state index in [-0.39, 0.29) is 0 Å². The third kappa shape index (κ3) is 8.24. The molecule has 1 aromatic carbocycles. The quantitative estimate of drug-likeness (QED) is 0.276. The second-order valence-corrected chi connectivity index (χ2v) is 7.21. The molecule has 0 amide bonds. The number of nitrogens with one attached hydrogen (secondary N) is 1. The Labute approximate surface area is 158 Å². The highest BCUT2D eigenvalue weighted by Crippen LogP contribution is 2.21. The van der Waals surface area contributed by atoms with E-state index >= 15 is 0 Å². The summed E-state index contributed by atoms with van der Waals surface area (Å²) in [5.41, 5.74) is 3.41. The molecule has 1 atom stereocenters. The van der Waals surface area contributed by atoms with Gasteiger partial charge in [-0.25, -0.2) is 4.99 Å². The van der Waals surface area contributed by atoms with Crippen molar-refractivity contribution in [2.75, 3.05) is 0 Å². The van der Waals surface area contributed by atoms with E-state index in [1.165, 1.54) is 0 Å². The Morgan fingerprint density at radius 2 is 2.00 bits per heavy atom. The molecule has 4 heteroatoms. The maximum atomic E-state index is 11.4. The van der Waals surface area contributed by atoms with Gasteiger partial charge in [0.2, 0.25) is 0 Å². The lowest BCUT2D eigenvalue weighted by molar-refractivity contribution is -0.104. The van der Waals surface area contributed by atoms with Crippen molar-refractivity contribution < 1.29 is 4.79 Å². The van der Waals surface area contributed by atoms with Gasteiger partial charge in [-0.1, -0.05) is 33.3 Å². The number of aldehydes is 1. The average molecular weight is 356 g/mol. The number of hydrogen-bond acceptors (Lipinski definition) is 3. The Bertz CT molecular complexity index is 672. The molecule has 0 saturated carbocycles. The first-order valence-electron chi connectivity index (χ1n) is 9.47. The van der Waals surface area contributed by atoms with Crippen LogP contribution in [0.3, 0.4) is 0 Å². The van der Waals surface area contributed by atoms with Crippen LogP contribution in [0, 0.1) is 12.8 Å². The van der Waals surface area contributed by atoms with E-state index in [4.69, 9.17) is 0 Å². The molecular weight excluding hydrogens is 322 g/mol. The normalized spacial score (nSPS) is 14.1. The van der Waals surface area contributed by atoms with Crippen LogP contribution in [0.1, 0.15) is 65.0 Å². The van der Waals surface area contributed by atoms with Crippen molar-refractivity contribution in [3.63, 3.8) is 0 Å². The van der Waals surface area contributed by atoms with Crippen molar-refractivity contribution in [2.24, 2.45) is 15.9 Å². The first-order valence-corrected chi connectivity index (χ1v) is 9.47. The largest absolute Gasteiger partial charge is 0.371 e. The number of aliphatic imine (C=N–C) groups is 2. The molecule has 0 spiro atoms. The van der Waals surface area contributed by atoms with Crippen LogP contribution in [0.5, 0.6) is 0 Å². The lowest BCUT2D eigenvalue weighted by Crippen LogP contribution is -2.31. The number of amidine groups is 1. The van der Waals surface area contributed by atoms with Crippen LogP contribution >= 0.6 is 0 Å². The molecule has 0 aliphatic rings. The van der Waals surface area contributed by atoms with Gasteiger partial charge >= 0.3 is 0 Å². The molecule has 142 valence electrons. The molecule has 0 aromatic heterocycles. The summed E-state index contributed by atoms with van der Waals surface area (Å²) in [6.07, 6.45) is 7.68. The summed E-state index contributed by atoms with van der Waals surface area (Å²) in [5.74, 6) is 1.38. The summed E-state index contributed by atoms with van der Waals surface area (Å²) >= 11 is 0. The molecule has 0 heterocycles. The monoisotopic (exact) mass is 355 g/mol. The zero-order chi connectivity index (χ0) is 19.5. The van der Waals surface area contributed by atoms with Crippen molar-refractivity contribution in [3.8, 4) is 0 Å². The van der Waals surface area contributed by atoms with Crippen molar-refractivity contribution in [1.29, 1.82) is 0 Å². The van der Waals surface area contributed by atoms with Gasteiger partial charge in [0.25, 0.3) is 0 Å². The minimum atomic E-state index is 0.328. The fraction of sp³-hybridized carbons (Fsp3) is 0.500. The molecule has 4 nitrogen and oxygen atoms in total. The minimum absolute atomic E-state index is 0.328. The summed E-state index contributed by atoms with van der Waals surface area (Å²) in [6.45, 7) is 12.6. The van der Waals surface area contributed by atoms with Gasteiger partial charge in [-0.3, -0.25) is 9.79 Å². The molecule has 1 unspecified atom stereocenters. The van der Waals surface area contributed by atoms with Crippen LogP contribution in [0.2, 0.25) is 0 Å². The Kier molecular flexibility index (Phi) is 9.56. The van der Waals surface area contributed by atoms with Crippen LogP contribution in [0.15, 0.2) is 33.9 Å². The molecule has 0 aliphatic carbocycles. The molecule has 26 heavy (non-hydrogen) atoms. The first kappa shape index (κ1) is 21.8. The number of benzene rings is 1. The van der Waals surface area contributed by atoms with E-state index in [0.29, 0.717) is 17.7 Å². The van der Waals surface area contributed by atoms with Crippen molar-refractivity contribution in [2.45, 2.75) is 66.8 Å². The van der Waals surface area contributed by atoms with Crippen molar-refractivity contribution in [1.82, 2.24) is 5.32 Å². The number of rotatable bonds is 9. The molecule has 0 bridgehead atoms.